The topological polar surface area (TPSA) is 108 Å². The van der Waals surface area contributed by atoms with Crippen LogP contribution in [0.25, 0.3) is 0 Å². The van der Waals surface area contributed by atoms with Gasteiger partial charge < -0.3 is 14.8 Å². The highest BCUT2D eigenvalue weighted by Gasteiger charge is 2.20. The summed E-state index contributed by atoms with van der Waals surface area (Å²) in [6.45, 7) is 0.884. The molecule has 27 heavy (non-hydrogen) atoms. The number of nitro groups is 1. The Bertz CT molecular complexity index is 859. The Morgan fingerprint density at radius 1 is 1.26 bits per heavy atom. The van der Waals surface area contributed by atoms with Gasteiger partial charge in [0.1, 0.15) is 5.75 Å². The van der Waals surface area contributed by atoms with E-state index in [4.69, 9.17) is 21.1 Å². The second kappa shape index (κ2) is 8.95. The van der Waals surface area contributed by atoms with E-state index < -0.39 is 41.0 Å². The van der Waals surface area contributed by atoms with Crippen LogP contribution in [0.4, 0.5) is 15.8 Å². The fourth-order valence-corrected chi connectivity index (χ4v) is 2.06. The van der Waals surface area contributed by atoms with Crippen LogP contribution in [0, 0.1) is 15.9 Å². The molecule has 1 N–H and O–H groups in total. The van der Waals surface area contributed by atoms with Crippen molar-refractivity contribution in [1.82, 2.24) is 0 Å². The Hall–Kier alpha value is -3.20. The number of benzene rings is 2. The summed E-state index contributed by atoms with van der Waals surface area (Å²) < 4.78 is 23.4. The van der Waals surface area contributed by atoms with Crippen LogP contribution < -0.4 is 10.1 Å². The van der Waals surface area contributed by atoms with Crippen molar-refractivity contribution >= 4 is 34.9 Å². The van der Waals surface area contributed by atoms with Crippen LogP contribution in [-0.4, -0.2) is 29.5 Å². The molecule has 8 nitrogen and oxygen atoms in total. The third-order valence-electron chi connectivity index (χ3n) is 3.26. The minimum Gasteiger partial charge on any atom is -0.482 e. The van der Waals surface area contributed by atoms with E-state index in [0.717, 1.165) is 18.2 Å². The molecule has 0 saturated heterocycles. The lowest BCUT2D eigenvalue weighted by Crippen LogP contribution is -2.31. The first-order valence-electron chi connectivity index (χ1n) is 7.59. The van der Waals surface area contributed by atoms with Crippen molar-refractivity contribution in [2.75, 3.05) is 11.9 Å². The Morgan fingerprint density at radius 3 is 2.56 bits per heavy atom. The average Bonchev–Trinajstić information content (AvgIpc) is 2.62. The van der Waals surface area contributed by atoms with Gasteiger partial charge in [0.25, 0.3) is 5.91 Å². The minimum atomic E-state index is -1.20. The molecule has 0 aliphatic carbocycles. The molecule has 0 fully saturated rings. The van der Waals surface area contributed by atoms with Gasteiger partial charge in [-0.1, -0.05) is 11.6 Å². The Labute approximate surface area is 158 Å². The third kappa shape index (κ3) is 5.93. The second-order valence-corrected chi connectivity index (χ2v) is 5.72. The molecule has 0 aromatic heterocycles. The number of amides is 1. The summed E-state index contributed by atoms with van der Waals surface area (Å²) in [5.74, 6) is -2.17. The van der Waals surface area contributed by atoms with E-state index in [1.54, 1.807) is 24.3 Å². The van der Waals surface area contributed by atoms with E-state index >= 15 is 0 Å². The van der Waals surface area contributed by atoms with Gasteiger partial charge in [-0.2, -0.15) is 4.39 Å². The van der Waals surface area contributed by atoms with Crippen molar-refractivity contribution < 1.29 is 28.4 Å². The molecule has 0 saturated carbocycles. The number of nitrogens with one attached hydrogen (secondary N) is 1. The molecule has 1 atom stereocenters. The number of halogens is 2. The Kier molecular flexibility index (Phi) is 6.67. The maximum absolute atomic E-state index is 13.3. The number of nitrogens with zero attached hydrogens (tertiary/aromatic N) is 1. The van der Waals surface area contributed by atoms with Crippen LogP contribution in [0.5, 0.6) is 5.75 Å². The van der Waals surface area contributed by atoms with Crippen molar-refractivity contribution in [3.63, 3.8) is 0 Å². The molecule has 2 aromatic carbocycles. The summed E-state index contributed by atoms with van der Waals surface area (Å²) in [7, 11) is 0. The fraction of sp³-hybridized carbons (Fsp3) is 0.176. The zero-order chi connectivity index (χ0) is 20.0. The van der Waals surface area contributed by atoms with E-state index in [2.05, 4.69) is 5.32 Å². The first-order valence-corrected chi connectivity index (χ1v) is 7.96. The van der Waals surface area contributed by atoms with Crippen LogP contribution in [0.2, 0.25) is 5.02 Å². The molecule has 0 unspecified atom stereocenters. The predicted molar refractivity (Wildman–Crippen MR) is 94.2 cm³/mol. The molecular formula is C17H14ClFN2O6. The number of hydrogen-bond acceptors (Lipinski definition) is 6. The first kappa shape index (κ1) is 20.1. The lowest BCUT2D eigenvalue weighted by Gasteiger charge is -2.14. The van der Waals surface area contributed by atoms with Gasteiger partial charge in [0.05, 0.1) is 4.92 Å². The molecule has 142 valence electrons. The molecule has 0 radical (unpaired) electrons. The van der Waals surface area contributed by atoms with Crippen molar-refractivity contribution in [1.29, 1.82) is 0 Å². The van der Waals surface area contributed by atoms with Crippen molar-refractivity contribution in [2.24, 2.45) is 0 Å². The van der Waals surface area contributed by atoms with E-state index in [9.17, 15) is 24.1 Å². The highest BCUT2D eigenvalue weighted by atomic mass is 35.5. The number of ether oxygens (including phenoxy) is 2. The quantitative estimate of drug-likeness (QED) is 0.437. The lowest BCUT2D eigenvalue weighted by molar-refractivity contribution is -0.387. The third-order valence-corrected chi connectivity index (χ3v) is 3.51. The van der Waals surface area contributed by atoms with E-state index in [1.807, 2.05) is 0 Å². The highest BCUT2D eigenvalue weighted by molar-refractivity contribution is 6.30. The number of hydrogen-bond donors (Lipinski definition) is 1. The number of nitro benzene ring substituents is 1. The normalized spacial score (nSPS) is 11.4. The SMILES string of the molecule is C[C@H](OC(=O)COc1ccc(Cl)cc1)C(=O)Nc1ccc(F)c([N+](=O)[O-])c1. The van der Waals surface area contributed by atoms with Gasteiger partial charge in [-0.25, -0.2) is 4.79 Å². The zero-order valence-electron chi connectivity index (χ0n) is 14.0. The average molecular weight is 397 g/mol. The summed E-state index contributed by atoms with van der Waals surface area (Å²) in [6.07, 6.45) is -1.20. The van der Waals surface area contributed by atoms with E-state index in [-0.39, 0.29) is 5.69 Å². The highest BCUT2D eigenvalue weighted by Crippen LogP contribution is 2.22. The van der Waals surface area contributed by atoms with Gasteiger partial charge in [0.2, 0.25) is 5.82 Å². The monoisotopic (exact) mass is 396 g/mol. The number of anilines is 1. The summed E-state index contributed by atoms with van der Waals surface area (Å²) in [4.78, 5) is 33.6. The Balaban J connectivity index is 1.87. The molecule has 2 aromatic rings. The number of rotatable bonds is 7. The molecule has 2 rings (SSSR count). The van der Waals surface area contributed by atoms with Gasteiger partial charge in [0.15, 0.2) is 12.7 Å². The lowest BCUT2D eigenvalue weighted by atomic mass is 10.2. The van der Waals surface area contributed by atoms with Crippen LogP contribution >= 0.6 is 11.6 Å². The van der Waals surface area contributed by atoms with Crippen LogP contribution in [0.15, 0.2) is 42.5 Å². The molecular weight excluding hydrogens is 383 g/mol. The molecule has 1 amide bonds. The fourth-order valence-electron chi connectivity index (χ4n) is 1.93. The maximum Gasteiger partial charge on any atom is 0.344 e. The summed E-state index contributed by atoms with van der Waals surface area (Å²) in [6, 6.07) is 9.16. The summed E-state index contributed by atoms with van der Waals surface area (Å²) in [5.41, 5.74) is -0.790. The molecule has 10 heteroatoms. The summed E-state index contributed by atoms with van der Waals surface area (Å²) in [5, 5.41) is 13.5. The number of carbonyl (C=O) groups excluding carboxylic acids is 2. The van der Waals surface area contributed by atoms with E-state index in [1.165, 1.54) is 6.92 Å². The van der Waals surface area contributed by atoms with Gasteiger partial charge in [-0.3, -0.25) is 14.9 Å². The van der Waals surface area contributed by atoms with Gasteiger partial charge in [0, 0.05) is 16.8 Å². The minimum absolute atomic E-state index is 0.00610. The summed E-state index contributed by atoms with van der Waals surface area (Å²) >= 11 is 5.73. The van der Waals surface area contributed by atoms with Crippen molar-refractivity contribution in [3.8, 4) is 5.75 Å². The smallest absolute Gasteiger partial charge is 0.344 e. The first-order chi connectivity index (χ1) is 12.8. The van der Waals surface area contributed by atoms with Crippen molar-refractivity contribution in [3.05, 3.63) is 63.4 Å². The van der Waals surface area contributed by atoms with Gasteiger partial charge in [-0.05, 0) is 43.3 Å². The van der Waals surface area contributed by atoms with Gasteiger partial charge >= 0.3 is 11.7 Å². The second-order valence-electron chi connectivity index (χ2n) is 5.29. The molecule has 0 heterocycles. The van der Waals surface area contributed by atoms with Crippen molar-refractivity contribution in [2.45, 2.75) is 13.0 Å². The number of esters is 1. The van der Waals surface area contributed by atoms with E-state index in [0.29, 0.717) is 10.8 Å². The molecule has 0 aliphatic rings. The number of carbonyl (C=O) groups is 2. The maximum atomic E-state index is 13.3. The predicted octanol–water partition coefficient (Wildman–Crippen LogP) is 3.34. The largest absolute Gasteiger partial charge is 0.482 e. The molecule has 0 bridgehead atoms. The van der Waals surface area contributed by atoms with Crippen LogP contribution in [0.1, 0.15) is 6.92 Å². The molecule has 0 aliphatic heterocycles. The standard InChI is InChI=1S/C17H14ClFN2O6/c1-10(27-16(22)9-26-13-5-2-11(18)3-6-13)17(23)20-12-4-7-14(19)15(8-12)21(24)25/h2-8,10H,9H2,1H3,(H,20,23)/t10-/m0/s1. The Morgan fingerprint density at radius 2 is 1.93 bits per heavy atom. The van der Waals surface area contributed by atoms with Crippen LogP contribution in [0.3, 0.4) is 0 Å². The van der Waals surface area contributed by atoms with Crippen LogP contribution in [-0.2, 0) is 14.3 Å². The van der Waals surface area contributed by atoms with Gasteiger partial charge in [-0.15, -0.1) is 0 Å². The molecule has 0 spiro atoms. The zero-order valence-corrected chi connectivity index (χ0v) is 14.7.